The molecule has 3 heterocycles. The lowest BCUT2D eigenvalue weighted by Crippen LogP contribution is -2.22. The highest BCUT2D eigenvalue weighted by Gasteiger charge is 2.22. The average molecular weight is 427 g/mol. The molecule has 1 amide bonds. The Kier molecular flexibility index (Phi) is 5.85. The molecule has 1 aliphatic rings. The number of benzene rings is 1. The summed E-state index contributed by atoms with van der Waals surface area (Å²) in [6, 6.07) is 5.36. The first-order valence-corrected chi connectivity index (χ1v) is 9.63. The Morgan fingerprint density at radius 3 is 2.77 bits per heavy atom. The van der Waals surface area contributed by atoms with Crippen LogP contribution >= 0.6 is 0 Å². The highest BCUT2D eigenvalue weighted by atomic mass is 19.3. The van der Waals surface area contributed by atoms with Gasteiger partial charge in [0.1, 0.15) is 5.82 Å². The first kappa shape index (κ1) is 20.8. The van der Waals surface area contributed by atoms with Gasteiger partial charge in [-0.2, -0.15) is 5.10 Å². The number of anilines is 1. The topological polar surface area (TPSA) is 63.1 Å². The van der Waals surface area contributed by atoms with Crippen molar-refractivity contribution < 1.29 is 18.0 Å². The van der Waals surface area contributed by atoms with Gasteiger partial charge < -0.3 is 5.32 Å². The SMILES string of the molecule is Cn1cc(-c2c(F)cncc2C=CC(=O)Nc2ccc3c(c2)CN(CC(F)F)C3)cn1. The van der Waals surface area contributed by atoms with E-state index >= 15 is 0 Å². The lowest BCUT2D eigenvalue weighted by Gasteiger charge is -2.12. The number of amides is 1. The number of aromatic nitrogens is 3. The molecule has 1 aliphatic heterocycles. The molecule has 4 rings (SSSR count). The van der Waals surface area contributed by atoms with E-state index in [0.717, 1.165) is 17.3 Å². The second-order valence-corrected chi connectivity index (χ2v) is 7.36. The van der Waals surface area contributed by atoms with Crippen molar-refractivity contribution in [1.82, 2.24) is 19.7 Å². The van der Waals surface area contributed by atoms with Crippen molar-refractivity contribution in [3.8, 4) is 11.1 Å². The van der Waals surface area contributed by atoms with Crippen LogP contribution in [0.5, 0.6) is 0 Å². The van der Waals surface area contributed by atoms with Gasteiger partial charge in [-0.1, -0.05) is 6.07 Å². The van der Waals surface area contributed by atoms with Crippen molar-refractivity contribution >= 4 is 17.7 Å². The van der Waals surface area contributed by atoms with Gasteiger partial charge in [0.05, 0.1) is 18.9 Å². The molecule has 6 nitrogen and oxygen atoms in total. The van der Waals surface area contributed by atoms with Gasteiger partial charge in [0.25, 0.3) is 6.43 Å². The van der Waals surface area contributed by atoms with E-state index < -0.39 is 18.1 Å². The zero-order valence-electron chi connectivity index (χ0n) is 16.7. The van der Waals surface area contributed by atoms with E-state index in [1.807, 2.05) is 6.07 Å². The van der Waals surface area contributed by atoms with E-state index in [4.69, 9.17) is 0 Å². The molecule has 3 aromatic rings. The summed E-state index contributed by atoms with van der Waals surface area (Å²) in [6.45, 7) is 0.611. The van der Waals surface area contributed by atoms with E-state index in [-0.39, 0.29) is 6.54 Å². The maximum atomic E-state index is 14.4. The van der Waals surface area contributed by atoms with Crippen LogP contribution in [0.2, 0.25) is 0 Å². The number of hydrogen-bond acceptors (Lipinski definition) is 4. The number of fused-ring (bicyclic) bond motifs is 1. The number of carbonyl (C=O) groups excluding carboxylic acids is 1. The van der Waals surface area contributed by atoms with Gasteiger partial charge in [0.2, 0.25) is 5.91 Å². The summed E-state index contributed by atoms with van der Waals surface area (Å²) in [6.07, 6.45) is 6.21. The summed E-state index contributed by atoms with van der Waals surface area (Å²) in [5, 5.41) is 6.81. The Bertz CT molecular complexity index is 1140. The molecule has 0 bridgehead atoms. The third-order valence-electron chi connectivity index (χ3n) is 4.99. The molecule has 0 atom stereocenters. The standard InChI is InChI=1S/C22H20F3N5O/c1-29-10-17(8-27-29)22-14(7-26-9-19(22)23)3-5-21(31)28-18-4-2-15-11-30(13-20(24)25)12-16(15)6-18/h2-10,20H,11-13H2,1H3,(H,28,31). The van der Waals surface area contributed by atoms with Gasteiger partial charge in [0, 0.05) is 61.0 Å². The van der Waals surface area contributed by atoms with Crippen LogP contribution in [-0.2, 0) is 24.9 Å². The third kappa shape index (κ3) is 4.83. The number of pyridine rings is 1. The molecule has 1 N–H and O–H groups in total. The Labute approximate surface area is 177 Å². The predicted octanol–water partition coefficient (Wildman–Crippen LogP) is 3.85. The number of carbonyl (C=O) groups is 1. The minimum Gasteiger partial charge on any atom is -0.323 e. The summed E-state index contributed by atoms with van der Waals surface area (Å²) in [5.41, 5.74) is 3.78. The van der Waals surface area contributed by atoms with Crippen molar-refractivity contribution in [2.45, 2.75) is 19.5 Å². The van der Waals surface area contributed by atoms with Crippen LogP contribution in [0.3, 0.4) is 0 Å². The lowest BCUT2D eigenvalue weighted by atomic mass is 10.0. The maximum Gasteiger partial charge on any atom is 0.251 e. The molecule has 0 aliphatic carbocycles. The molecule has 0 radical (unpaired) electrons. The molecule has 0 fully saturated rings. The molecule has 0 spiro atoms. The van der Waals surface area contributed by atoms with Crippen LogP contribution in [0.4, 0.5) is 18.9 Å². The number of halogens is 3. The average Bonchev–Trinajstić information content (AvgIpc) is 3.30. The number of aryl methyl sites for hydroxylation is 1. The fraction of sp³-hybridized carbons (Fsp3) is 0.227. The fourth-order valence-electron chi connectivity index (χ4n) is 3.65. The zero-order chi connectivity index (χ0) is 22.0. The Balaban J connectivity index is 1.47. The second-order valence-electron chi connectivity index (χ2n) is 7.36. The largest absolute Gasteiger partial charge is 0.323 e. The molecule has 1 aromatic carbocycles. The third-order valence-corrected chi connectivity index (χ3v) is 4.99. The molecular weight excluding hydrogens is 407 g/mol. The van der Waals surface area contributed by atoms with Crippen LogP contribution in [0.25, 0.3) is 17.2 Å². The van der Waals surface area contributed by atoms with Crippen LogP contribution < -0.4 is 5.32 Å². The number of hydrogen-bond donors (Lipinski definition) is 1. The van der Waals surface area contributed by atoms with Crippen LogP contribution in [0.15, 0.2) is 49.1 Å². The zero-order valence-corrected chi connectivity index (χ0v) is 16.7. The van der Waals surface area contributed by atoms with Gasteiger partial charge in [-0.3, -0.25) is 19.4 Å². The molecule has 0 saturated heterocycles. The highest BCUT2D eigenvalue weighted by molar-refractivity contribution is 6.02. The Morgan fingerprint density at radius 1 is 1.23 bits per heavy atom. The van der Waals surface area contributed by atoms with E-state index in [2.05, 4.69) is 15.4 Å². The molecule has 9 heteroatoms. The summed E-state index contributed by atoms with van der Waals surface area (Å²) >= 11 is 0. The fourth-order valence-corrected chi connectivity index (χ4v) is 3.65. The minimum atomic E-state index is -2.38. The van der Waals surface area contributed by atoms with Crippen molar-refractivity contribution in [1.29, 1.82) is 0 Å². The Hall–Kier alpha value is -3.46. The van der Waals surface area contributed by atoms with E-state index in [1.54, 1.807) is 35.0 Å². The lowest BCUT2D eigenvalue weighted by molar-refractivity contribution is -0.111. The van der Waals surface area contributed by atoms with Gasteiger partial charge >= 0.3 is 0 Å². The van der Waals surface area contributed by atoms with Crippen molar-refractivity contribution in [2.75, 3.05) is 11.9 Å². The van der Waals surface area contributed by atoms with E-state index in [0.29, 0.717) is 35.5 Å². The number of alkyl halides is 2. The smallest absolute Gasteiger partial charge is 0.251 e. The summed E-state index contributed by atoms with van der Waals surface area (Å²) in [4.78, 5) is 17.9. The molecule has 2 aromatic heterocycles. The molecule has 31 heavy (non-hydrogen) atoms. The Morgan fingerprint density at radius 2 is 2.03 bits per heavy atom. The minimum absolute atomic E-state index is 0.278. The van der Waals surface area contributed by atoms with Gasteiger partial charge in [-0.05, 0) is 29.3 Å². The maximum absolute atomic E-state index is 14.4. The summed E-state index contributed by atoms with van der Waals surface area (Å²) in [5.74, 6) is -0.911. The van der Waals surface area contributed by atoms with Crippen molar-refractivity contribution in [3.63, 3.8) is 0 Å². The van der Waals surface area contributed by atoms with E-state index in [9.17, 15) is 18.0 Å². The van der Waals surface area contributed by atoms with Crippen LogP contribution in [0.1, 0.15) is 16.7 Å². The molecular formula is C22H20F3N5O. The van der Waals surface area contributed by atoms with Gasteiger partial charge in [0.15, 0.2) is 0 Å². The predicted molar refractivity (Wildman–Crippen MR) is 111 cm³/mol. The molecule has 0 saturated carbocycles. The quantitative estimate of drug-likeness (QED) is 0.607. The second kappa shape index (κ2) is 8.73. The van der Waals surface area contributed by atoms with E-state index in [1.165, 1.54) is 24.5 Å². The van der Waals surface area contributed by atoms with Gasteiger partial charge in [-0.15, -0.1) is 0 Å². The number of rotatable bonds is 6. The highest BCUT2D eigenvalue weighted by Crippen LogP contribution is 2.28. The van der Waals surface area contributed by atoms with Crippen molar-refractivity contribution in [3.05, 3.63) is 71.6 Å². The number of nitrogens with one attached hydrogen (secondary N) is 1. The number of nitrogens with zero attached hydrogens (tertiary/aromatic N) is 4. The molecule has 160 valence electrons. The van der Waals surface area contributed by atoms with Crippen LogP contribution in [-0.4, -0.2) is 38.5 Å². The molecule has 0 unspecified atom stereocenters. The monoisotopic (exact) mass is 427 g/mol. The summed E-state index contributed by atoms with van der Waals surface area (Å²) < 4.78 is 41.2. The first-order valence-electron chi connectivity index (χ1n) is 9.63. The van der Waals surface area contributed by atoms with Gasteiger partial charge in [-0.25, -0.2) is 13.2 Å². The summed E-state index contributed by atoms with van der Waals surface area (Å²) in [7, 11) is 1.73. The first-order chi connectivity index (χ1) is 14.9. The van der Waals surface area contributed by atoms with Crippen molar-refractivity contribution in [2.24, 2.45) is 7.05 Å². The van der Waals surface area contributed by atoms with Crippen LogP contribution in [0, 0.1) is 5.82 Å². The normalized spacial score (nSPS) is 13.8.